The Morgan fingerprint density at radius 1 is 1.25 bits per heavy atom. The van der Waals surface area contributed by atoms with Gasteiger partial charge in [0.25, 0.3) is 0 Å². The van der Waals surface area contributed by atoms with Crippen LogP contribution < -0.4 is 21.1 Å². The molecule has 1 heterocycles. The van der Waals surface area contributed by atoms with E-state index in [-0.39, 0.29) is 11.6 Å². The minimum Gasteiger partial charge on any atom is -0.495 e. The SMILES string of the molecule is COc1ccc(C(N)=O)cc1NC(=O)N[C@H](C)c1cc(C)oc1C. The van der Waals surface area contributed by atoms with Gasteiger partial charge in [0.05, 0.1) is 18.8 Å². The molecule has 1 atom stereocenters. The molecule has 0 bridgehead atoms. The molecule has 128 valence electrons. The van der Waals surface area contributed by atoms with E-state index in [0.717, 1.165) is 17.1 Å². The highest BCUT2D eigenvalue weighted by atomic mass is 16.5. The molecule has 7 heteroatoms. The van der Waals surface area contributed by atoms with Gasteiger partial charge in [-0.2, -0.15) is 0 Å². The third kappa shape index (κ3) is 3.87. The number of carbonyl (C=O) groups excluding carboxylic acids is 2. The van der Waals surface area contributed by atoms with E-state index in [4.69, 9.17) is 14.9 Å². The van der Waals surface area contributed by atoms with Crippen molar-refractivity contribution in [2.75, 3.05) is 12.4 Å². The number of furan rings is 1. The fourth-order valence-corrected chi connectivity index (χ4v) is 2.47. The van der Waals surface area contributed by atoms with Crippen molar-refractivity contribution in [3.8, 4) is 5.75 Å². The summed E-state index contributed by atoms with van der Waals surface area (Å²) < 4.78 is 10.7. The Hall–Kier alpha value is -2.96. The van der Waals surface area contributed by atoms with E-state index in [2.05, 4.69) is 10.6 Å². The zero-order valence-corrected chi connectivity index (χ0v) is 14.1. The largest absolute Gasteiger partial charge is 0.495 e. The summed E-state index contributed by atoms with van der Waals surface area (Å²) in [6.07, 6.45) is 0. The first kappa shape index (κ1) is 17.4. The topological polar surface area (TPSA) is 107 Å². The zero-order chi connectivity index (χ0) is 17.9. The van der Waals surface area contributed by atoms with Crippen LogP contribution in [-0.4, -0.2) is 19.0 Å². The van der Waals surface area contributed by atoms with Gasteiger partial charge in [-0.1, -0.05) is 0 Å². The Kier molecular flexibility index (Phi) is 5.13. The molecule has 0 unspecified atom stereocenters. The first-order valence-electron chi connectivity index (χ1n) is 7.44. The van der Waals surface area contributed by atoms with Crippen LogP contribution >= 0.6 is 0 Å². The molecule has 3 amide bonds. The molecule has 0 aliphatic rings. The number of methoxy groups -OCH3 is 1. The molecule has 0 aliphatic heterocycles. The van der Waals surface area contributed by atoms with E-state index in [1.807, 2.05) is 26.8 Å². The third-order valence-electron chi connectivity index (χ3n) is 3.63. The van der Waals surface area contributed by atoms with Gasteiger partial charge >= 0.3 is 6.03 Å². The predicted octanol–water partition coefficient (Wildman–Crippen LogP) is 2.89. The van der Waals surface area contributed by atoms with E-state index in [1.54, 1.807) is 6.07 Å². The molecule has 0 saturated carbocycles. The number of rotatable bonds is 5. The lowest BCUT2D eigenvalue weighted by Crippen LogP contribution is -2.31. The average Bonchev–Trinajstić information content (AvgIpc) is 2.85. The van der Waals surface area contributed by atoms with Crippen molar-refractivity contribution >= 4 is 17.6 Å². The van der Waals surface area contributed by atoms with Gasteiger partial charge in [0.1, 0.15) is 17.3 Å². The van der Waals surface area contributed by atoms with Crippen molar-refractivity contribution in [1.82, 2.24) is 5.32 Å². The van der Waals surface area contributed by atoms with Crippen LogP contribution in [0.2, 0.25) is 0 Å². The Morgan fingerprint density at radius 3 is 2.50 bits per heavy atom. The molecule has 24 heavy (non-hydrogen) atoms. The number of aryl methyl sites for hydroxylation is 2. The highest BCUT2D eigenvalue weighted by molar-refractivity contribution is 5.97. The molecule has 0 radical (unpaired) electrons. The fraction of sp³-hybridized carbons (Fsp3) is 0.294. The van der Waals surface area contributed by atoms with Crippen molar-refractivity contribution < 1.29 is 18.7 Å². The van der Waals surface area contributed by atoms with Gasteiger partial charge in [0.2, 0.25) is 5.91 Å². The quantitative estimate of drug-likeness (QED) is 0.783. The lowest BCUT2D eigenvalue weighted by molar-refractivity contribution is 0.1000. The van der Waals surface area contributed by atoms with Crippen molar-refractivity contribution in [2.45, 2.75) is 26.8 Å². The van der Waals surface area contributed by atoms with Crippen LogP contribution in [0.15, 0.2) is 28.7 Å². The Labute approximate surface area is 140 Å². The van der Waals surface area contributed by atoms with Gasteiger partial charge in [-0.05, 0) is 45.0 Å². The predicted molar refractivity (Wildman–Crippen MR) is 90.3 cm³/mol. The number of urea groups is 1. The van der Waals surface area contributed by atoms with E-state index in [0.29, 0.717) is 11.4 Å². The number of nitrogens with one attached hydrogen (secondary N) is 2. The molecule has 0 saturated heterocycles. The molecule has 1 aromatic carbocycles. The minimum absolute atomic E-state index is 0.243. The van der Waals surface area contributed by atoms with Gasteiger partial charge in [-0.3, -0.25) is 4.79 Å². The summed E-state index contributed by atoms with van der Waals surface area (Å²) in [4.78, 5) is 23.5. The Morgan fingerprint density at radius 2 is 1.96 bits per heavy atom. The number of hydrogen-bond donors (Lipinski definition) is 3. The highest BCUT2D eigenvalue weighted by Gasteiger charge is 2.16. The second kappa shape index (κ2) is 7.08. The molecule has 4 N–H and O–H groups in total. The van der Waals surface area contributed by atoms with Gasteiger partial charge in [-0.25, -0.2) is 4.79 Å². The molecule has 1 aromatic heterocycles. The Bertz CT molecular complexity index is 767. The lowest BCUT2D eigenvalue weighted by Gasteiger charge is -2.16. The molecule has 0 spiro atoms. The van der Waals surface area contributed by atoms with Crippen LogP contribution in [0.4, 0.5) is 10.5 Å². The van der Waals surface area contributed by atoms with E-state index in [1.165, 1.54) is 19.2 Å². The smallest absolute Gasteiger partial charge is 0.319 e. The first-order chi connectivity index (χ1) is 11.3. The number of ether oxygens (including phenoxy) is 1. The standard InChI is InChI=1S/C17H21N3O4/c1-9-7-13(11(3)24-9)10(2)19-17(22)20-14-8-12(16(18)21)5-6-15(14)23-4/h5-8,10H,1-4H3,(H2,18,21)(H2,19,20,22)/t10-/m1/s1. The first-order valence-corrected chi connectivity index (χ1v) is 7.44. The number of anilines is 1. The number of primary amides is 1. The number of amides is 3. The van der Waals surface area contributed by atoms with Gasteiger partial charge in [0, 0.05) is 11.1 Å². The maximum atomic E-state index is 12.2. The molecule has 2 aromatic rings. The monoisotopic (exact) mass is 331 g/mol. The normalized spacial score (nSPS) is 11.7. The molecular weight excluding hydrogens is 310 g/mol. The maximum absolute atomic E-state index is 12.2. The fourth-order valence-electron chi connectivity index (χ4n) is 2.47. The number of benzene rings is 1. The van der Waals surface area contributed by atoms with Crippen LogP contribution in [0.3, 0.4) is 0 Å². The molecule has 0 fully saturated rings. The minimum atomic E-state index is -0.584. The van der Waals surface area contributed by atoms with Crippen molar-refractivity contribution in [2.24, 2.45) is 5.73 Å². The summed E-state index contributed by atoms with van der Waals surface area (Å²) >= 11 is 0. The summed E-state index contributed by atoms with van der Waals surface area (Å²) in [5.41, 5.74) is 6.80. The summed E-state index contributed by atoms with van der Waals surface area (Å²) in [5.74, 6) is 1.39. The summed E-state index contributed by atoms with van der Waals surface area (Å²) in [6.45, 7) is 5.55. The summed E-state index contributed by atoms with van der Waals surface area (Å²) in [5, 5.41) is 5.49. The van der Waals surface area contributed by atoms with E-state index in [9.17, 15) is 9.59 Å². The van der Waals surface area contributed by atoms with Crippen LogP contribution in [0.25, 0.3) is 0 Å². The molecule has 2 rings (SSSR count). The third-order valence-corrected chi connectivity index (χ3v) is 3.63. The second-order valence-corrected chi connectivity index (χ2v) is 5.47. The number of hydrogen-bond acceptors (Lipinski definition) is 4. The average molecular weight is 331 g/mol. The van der Waals surface area contributed by atoms with Gasteiger partial charge in [-0.15, -0.1) is 0 Å². The number of carbonyl (C=O) groups is 2. The van der Waals surface area contributed by atoms with E-state index < -0.39 is 11.9 Å². The number of nitrogens with two attached hydrogens (primary N) is 1. The van der Waals surface area contributed by atoms with Crippen molar-refractivity contribution in [3.63, 3.8) is 0 Å². The van der Waals surface area contributed by atoms with Gasteiger partial charge in [0.15, 0.2) is 0 Å². The highest BCUT2D eigenvalue weighted by Crippen LogP contribution is 2.26. The van der Waals surface area contributed by atoms with Crippen molar-refractivity contribution in [3.05, 3.63) is 46.9 Å². The van der Waals surface area contributed by atoms with E-state index >= 15 is 0 Å². The van der Waals surface area contributed by atoms with Crippen LogP contribution in [0, 0.1) is 13.8 Å². The summed E-state index contributed by atoms with van der Waals surface area (Å²) in [6, 6.07) is 5.79. The van der Waals surface area contributed by atoms with Crippen molar-refractivity contribution in [1.29, 1.82) is 0 Å². The van der Waals surface area contributed by atoms with Crippen LogP contribution in [0.5, 0.6) is 5.75 Å². The van der Waals surface area contributed by atoms with Gasteiger partial charge < -0.3 is 25.5 Å². The lowest BCUT2D eigenvalue weighted by atomic mass is 10.1. The van der Waals surface area contributed by atoms with Crippen LogP contribution in [-0.2, 0) is 0 Å². The molecule has 0 aliphatic carbocycles. The maximum Gasteiger partial charge on any atom is 0.319 e. The Balaban J connectivity index is 2.13. The summed E-state index contributed by atoms with van der Waals surface area (Å²) in [7, 11) is 1.47. The zero-order valence-electron chi connectivity index (χ0n) is 14.1. The molecular formula is C17H21N3O4. The van der Waals surface area contributed by atoms with Crippen LogP contribution in [0.1, 0.15) is 40.4 Å². The second-order valence-electron chi connectivity index (χ2n) is 5.47. The molecule has 7 nitrogen and oxygen atoms in total.